The number of fused-ring (bicyclic) bond motifs is 1. The molecular formula is C25H25FN2O3. The molecule has 2 heterocycles. The van der Waals surface area contributed by atoms with E-state index in [-0.39, 0.29) is 11.8 Å². The van der Waals surface area contributed by atoms with Gasteiger partial charge in [0.15, 0.2) is 0 Å². The summed E-state index contributed by atoms with van der Waals surface area (Å²) in [7, 11) is 3.30. The predicted octanol–water partition coefficient (Wildman–Crippen LogP) is 5.27. The highest BCUT2D eigenvalue weighted by atomic mass is 19.1. The Balaban J connectivity index is 1.52. The van der Waals surface area contributed by atoms with Crippen LogP contribution in [-0.2, 0) is 11.2 Å². The number of hydrogen-bond acceptors (Lipinski definition) is 5. The number of rotatable bonds is 6. The van der Waals surface area contributed by atoms with Crippen molar-refractivity contribution in [1.82, 2.24) is 4.98 Å². The van der Waals surface area contributed by atoms with Crippen LogP contribution in [0.25, 0.3) is 0 Å². The second-order valence-electron chi connectivity index (χ2n) is 7.66. The summed E-state index contributed by atoms with van der Waals surface area (Å²) < 4.78 is 24.4. The molecule has 0 aliphatic carbocycles. The molecule has 6 heteroatoms. The molecule has 0 radical (unpaired) electrons. The van der Waals surface area contributed by atoms with Crippen LogP contribution in [0.15, 0.2) is 60.9 Å². The summed E-state index contributed by atoms with van der Waals surface area (Å²) in [6.07, 6.45) is 5.87. The van der Waals surface area contributed by atoms with Crippen LogP contribution >= 0.6 is 0 Å². The van der Waals surface area contributed by atoms with Gasteiger partial charge in [0.2, 0.25) is 0 Å². The van der Waals surface area contributed by atoms with Crippen LogP contribution in [0.3, 0.4) is 0 Å². The molecule has 0 saturated heterocycles. The number of pyridine rings is 1. The molecule has 0 fully saturated rings. The second kappa shape index (κ2) is 9.16. The lowest BCUT2D eigenvalue weighted by Crippen LogP contribution is -2.17. The maximum absolute atomic E-state index is 13.6. The summed E-state index contributed by atoms with van der Waals surface area (Å²) in [4.78, 5) is 18.1. The van der Waals surface area contributed by atoms with Gasteiger partial charge in [-0.3, -0.25) is 4.98 Å². The Morgan fingerprint density at radius 2 is 2.06 bits per heavy atom. The number of carbonyl (C=O) groups excluding carboxylic acids is 1. The van der Waals surface area contributed by atoms with Gasteiger partial charge in [-0.2, -0.15) is 0 Å². The van der Waals surface area contributed by atoms with Gasteiger partial charge in [-0.1, -0.05) is 12.1 Å². The molecule has 2 aromatic carbocycles. The number of methoxy groups -OCH3 is 1. The van der Waals surface area contributed by atoms with E-state index in [4.69, 9.17) is 9.47 Å². The second-order valence-corrected chi connectivity index (χ2v) is 7.66. The molecule has 0 spiro atoms. The average molecular weight is 420 g/mol. The zero-order chi connectivity index (χ0) is 21.8. The zero-order valence-electron chi connectivity index (χ0n) is 17.7. The van der Waals surface area contributed by atoms with E-state index in [1.54, 1.807) is 24.5 Å². The minimum atomic E-state index is -0.338. The first kappa shape index (κ1) is 20.8. The Kier molecular flexibility index (Phi) is 6.16. The van der Waals surface area contributed by atoms with Crippen LogP contribution in [0.1, 0.15) is 40.2 Å². The van der Waals surface area contributed by atoms with Crippen LogP contribution in [-0.4, -0.2) is 31.7 Å². The highest BCUT2D eigenvalue weighted by Gasteiger charge is 2.23. The Morgan fingerprint density at radius 1 is 1.23 bits per heavy atom. The molecule has 1 aliphatic rings. The van der Waals surface area contributed by atoms with Gasteiger partial charge in [0.1, 0.15) is 11.6 Å². The van der Waals surface area contributed by atoms with Gasteiger partial charge in [-0.25, -0.2) is 9.18 Å². The normalized spacial score (nSPS) is 15.0. The van der Waals surface area contributed by atoms with E-state index in [0.29, 0.717) is 18.1 Å². The number of aromatic nitrogens is 1. The van der Waals surface area contributed by atoms with E-state index in [0.717, 1.165) is 47.5 Å². The van der Waals surface area contributed by atoms with Gasteiger partial charge in [0, 0.05) is 36.9 Å². The number of hydrogen-bond donors (Lipinski definition) is 0. The molecule has 1 atom stereocenters. The monoisotopic (exact) mass is 420 g/mol. The van der Waals surface area contributed by atoms with Crippen molar-refractivity contribution in [3.8, 4) is 5.75 Å². The first-order valence-corrected chi connectivity index (χ1v) is 10.3. The van der Waals surface area contributed by atoms with Crippen molar-refractivity contribution in [1.29, 1.82) is 0 Å². The van der Waals surface area contributed by atoms with Crippen LogP contribution in [0.2, 0.25) is 0 Å². The summed E-state index contributed by atoms with van der Waals surface area (Å²) in [6.45, 7) is 0.641. The summed E-state index contributed by atoms with van der Waals surface area (Å²) >= 11 is 0. The van der Waals surface area contributed by atoms with E-state index in [2.05, 4.69) is 11.1 Å². The molecule has 160 valence electrons. The summed E-state index contributed by atoms with van der Waals surface area (Å²) in [6, 6.07) is 14.4. The number of aryl methyl sites for hydroxylation is 1. The standard InChI is InChI=1S/C25H25FN2O3/c1-28(20-5-3-4-19(26)14-20)21-8-9-22-17(11-13-31-24(22)15-21)6-7-18-16-27-12-10-23(18)25(29)30-2/h3-5,8-10,12,14-17H,6-7,11,13H2,1-2H3/t17-/m1/s1. The topological polar surface area (TPSA) is 51.7 Å². The van der Waals surface area contributed by atoms with Gasteiger partial charge in [-0.15, -0.1) is 0 Å². The third-order valence-electron chi connectivity index (χ3n) is 5.81. The molecular weight excluding hydrogens is 395 g/mol. The fourth-order valence-corrected chi connectivity index (χ4v) is 4.06. The van der Waals surface area contributed by atoms with Crippen molar-refractivity contribution < 1.29 is 18.7 Å². The fraction of sp³-hybridized carbons (Fsp3) is 0.280. The Labute approximate surface area is 181 Å². The number of halogens is 1. The first-order chi connectivity index (χ1) is 15.1. The van der Waals surface area contributed by atoms with E-state index < -0.39 is 0 Å². The Hall–Kier alpha value is -3.41. The van der Waals surface area contributed by atoms with Crippen molar-refractivity contribution in [3.63, 3.8) is 0 Å². The largest absolute Gasteiger partial charge is 0.493 e. The molecule has 5 nitrogen and oxygen atoms in total. The number of esters is 1. The lowest BCUT2D eigenvalue weighted by atomic mass is 9.87. The highest BCUT2D eigenvalue weighted by molar-refractivity contribution is 5.90. The third-order valence-corrected chi connectivity index (χ3v) is 5.81. The minimum Gasteiger partial charge on any atom is -0.493 e. The molecule has 0 bridgehead atoms. The van der Waals surface area contributed by atoms with Crippen molar-refractivity contribution in [3.05, 3.63) is 83.4 Å². The van der Waals surface area contributed by atoms with Gasteiger partial charge in [0.05, 0.1) is 19.3 Å². The Morgan fingerprint density at radius 3 is 2.87 bits per heavy atom. The summed E-state index contributed by atoms with van der Waals surface area (Å²) in [5, 5.41) is 0. The number of carbonyl (C=O) groups is 1. The molecule has 4 rings (SSSR count). The van der Waals surface area contributed by atoms with E-state index in [9.17, 15) is 9.18 Å². The SMILES string of the molecule is COC(=O)c1ccncc1CC[C@@H]1CCOc2cc(N(C)c3cccc(F)c3)ccc21. The number of benzene rings is 2. The quantitative estimate of drug-likeness (QED) is 0.508. The molecule has 3 aromatic rings. The van der Waals surface area contributed by atoms with Crippen LogP contribution in [0.4, 0.5) is 15.8 Å². The Bertz CT molecular complexity index is 1090. The van der Waals surface area contributed by atoms with Crippen molar-refractivity contribution in [2.75, 3.05) is 25.7 Å². The predicted molar refractivity (Wildman–Crippen MR) is 118 cm³/mol. The van der Waals surface area contributed by atoms with Gasteiger partial charge < -0.3 is 14.4 Å². The lowest BCUT2D eigenvalue weighted by Gasteiger charge is -2.28. The minimum absolute atomic E-state index is 0.264. The summed E-state index contributed by atoms with van der Waals surface area (Å²) in [5.41, 5.74) is 4.33. The van der Waals surface area contributed by atoms with E-state index in [1.165, 1.54) is 19.2 Å². The maximum atomic E-state index is 13.6. The van der Waals surface area contributed by atoms with Crippen molar-refractivity contribution in [2.24, 2.45) is 0 Å². The molecule has 0 unspecified atom stereocenters. The molecule has 0 saturated carbocycles. The summed E-state index contributed by atoms with van der Waals surface area (Å²) in [5.74, 6) is 0.578. The molecule has 0 amide bonds. The average Bonchev–Trinajstić information content (AvgIpc) is 2.81. The zero-order valence-corrected chi connectivity index (χ0v) is 17.7. The number of anilines is 2. The first-order valence-electron chi connectivity index (χ1n) is 10.3. The molecule has 1 aliphatic heterocycles. The molecule has 1 aromatic heterocycles. The number of nitrogens with zero attached hydrogens (tertiary/aromatic N) is 2. The lowest BCUT2D eigenvalue weighted by molar-refractivity contribution is 0.0599. The van der Waals surface area contributed by atoms with Gasteiger partial charge >= 0.3 is 5.97 Å². The van der Waals surface area contributed by atoms with Crippen molar-refractivity contribution in [2.45, 2.75) is 25.2 Å². The highest BCUT2D eigenvalue weighted by Crippen LogP contribution is 2.39. The maximum Gasteiger partial charge on any atom is 0.338 e. The van der Waals surface area contributed by atoms with E-state index >= 15 is 0 Å². The van der Waals surface area contributed by atoms with E-state index in [1.807, 2.05) is 30.1 Å². The van der Waals surface area contributed by atoms with Crippen molar-refractivity contribution >= 4 is 17.3 Å². The van der Waals surface area contributed by atoms with Crippen LogP contribution in [0, 0.1) is 5.82 Å². The molecule has 31 heavy (non-hydrogen) atoms. The van der Waals surface area contributed by atoms with Gasteiger partial charge in [0.25, 0.3) is 0 Å². The van der Waals surface area contributed by atoms with Crippen LogP contribution < -0.4 is 9.64 Å². The third kappa shape index (κ3) is 4.53. The molecule has 0 N–H and O–H groups in total. The van der Waals surface area contributed by atoms with Crippen LogP contribution in [0.5, 0.6) is 5.75 Å². The fourth-order valence-electron chi connectivity index (χ4n) is 4.06. The smallest absolute Gasteiger partial charge is 0.338 e. The van der Waals surface area contributed by atoms with Gasteiger partial charge in [-0.05, 0) is 66.6 Å². The number of ether oxygens (including phenoxy) is 2.